The molecule has 0 amide bonds. The molecule has 0 saturated carbocycles. The zero-order valence-electron chi connectivity index (χ0n) is 11.7. The van der Waals surface area contributed by atoms with Gasteiger partial charge in [0.05, 0.1) is 0 Å². The molecule has 0 aliphatic heterocycles. The van der Waals surface area contributed by atoms with E-state index in [0.717, 1.165) is 12.2 Å². The summed E-state index contributed by atoms with van der Waals surface area (Å²) in [4.78, 5) is 12.5. The van der Waals surface area contributed by atoms with Gasteiger partial charge in [0.25, 0.3) is 0 Å². The highest BCUT2D eigenvalue weighted by Gasteiger charge is 2.13. The Bertz CT molecular complexity index is 390. The van der Waals surface area contributed by atoms with Gasteiger partial charge in [0.2, 0.25) is 0 Å². The summed E-state index contributed by atoms with van der Waals surface area (Å²) in [5.41, 5.74) is 2.61. The summed E-state index contributed by atoms with van der Waals surface area (Å²) in [7, 11) is 1.99. The summed E-state index contributed by atoms with van der Waals surface area (Å²) in [6, 6.07) is 8.48. The molecule has 1 rings (SSSR count). The number of aliphatic carboxylic acids is 1. The van der Waals surface area contributed by atoms with E-state index < -0.39 is 5.97 Å². The first-order valence-electron chi connectivity index (χ1n) is 6.34. The third-order valence-electron chi connectivity index (χ3n) is 3.06. The smallest absolute Gasteiger partial charge is 0.303 e. The van der Waals surface area contributed by atoms with Gasteiger partial charge in [0.1, 0.15) is 0 Å². The first-order chi connectivity index (χ1) is 8.30. The van der Waals surface area contributed by atoms with Crippen molar-refractivity contribution >= 4 is 11.7 Å². The second-order valence-electron chi connectivity index (χ2n) is 5.72. The van der Waals surface area contributed by atoms with Crippen LogP contribution in [0.1, 0.15) is 39.2 Å². The standard InChI is InChI=1S/C15H23NO2/c1-15(2,3)12-7-9-13(10-8-12)16(4)11-5-6-14(17)18/h7-10H,5-6,11H2,1-4H3,(H,17,18). The molecule has 0 aliphatic carbocycles. The van der Waals surface area contributed by atoms with Crippen molar-refractivity contribution in [2.45, 2.75) is 39.0 Å². The van der Waals surface area contributed by atoms with Crippen LogP contribution in [-0.4, -0.2) is 24.7 Å². The second kappa shape index (κ2) is 5.89. The number of carbonyl (C=O) groups is 1. The zero-order chi connectivity index (χ0) is 13.8. The minimum atomic E-state index is -0.730. The van der Waals surface area contributed by atoms with Crippen molar-refractivity contribution in [2.75, 3.05) is 18.5 Å². The molecule has 0 aromatic heterocycles. The fourth-order valence-electron chi connectivity index (χ4n) is 1.81. The number of hydrogen-bond acceptors (Lipinski definition) is 2. The van der Waals surface area contributed by atoms with Gasteiger partial charge in [-0.1, -0.05) is 32.9 Å². The number of rotatable bonds is 5. The van der Waals surface area contributed by atoms with Crippen molar-refractivity contribution in [3.8, 4) is 0 Å². The van der Waals surface area contributed by atoms with Gasteiger partial charge in [0, 0.05) is 25.7 Å². The van der Waals surface area contributed by atoms with Crippen LogP contribution in [0.5, 0.6) is 0 Å². The van der Waals surface area contributed by atoms with Crippen LogP contribution in [0.15, 0.2) is 24.3 Å². The van der Waals surface area contributed by atoms with Crippen LogP contribution >= 0.6 is 0 Å². The molecule has 0 unspecified atom stereocenters. The van der Waals surface area contributed by atoms with Gasteiger partial charge < -0.3 is 10.0 Å². The molecule has 0 fully saturated rings. The Balaban J connectivity index is 2.59. The molecule has 18 heavy (non-hydrogen) atoms. The van der Waals surface area contributed by atoms with Gasteiger partial charge in [-0.15, -0.1) is 0 Å². The summed E-state index contributed by atoms with van der Waals surface area (Å²) in [6.07, 6.45) is 0.900. The van der Waals surface area contributed by atoms with E-state index in [4.69, 9.17) is 5.11 Å². The van der Waals surface area contributed by atoms with Gasteiger partial charge >= 0.3 is 5.97 Å². The highest BCUT2D eigenvalue weighted by atomic mass is 16.4. The molecule has 1 N–H and O–H groups in total. The zero-order valence-corrected chi connectivity index (χ0v) is 11.7. The maximum atomic E-state index is 10.5. The monoisotopic (exact) mass is 249 g/mol. The number of hydrogen-bond donors (Lipinski definition) is 1. The van der Waals surface area contributed by atoms with Gasteiger partial charge in [-0.2, -0.15) is 0 Å². The van der Waals surface area contributed by atoms with E-state index in [2.05, 4.69) is 49.9 Å². The van der Waals surface area contributed by atoms with Crippen LogP contribution in [0.25, 0.3) is 0 Å². The van der Waals surface area contributed by atoms with Gasteiger partial charge in [0.15, 0.2) is 0 Å². The number of nitrogens with zero attached hydrogens (tertiary/aromatic N) is 1. The molecule has 0 saturated heterocycles. The fraction of sp³-hybridized carbons (Fsp3) is 0.533. The average molecular weight is 249 g/mol. The molecular formula is C15H23NO2. The molecule has 3 heteroatoms. The van der Waals surface area contributed by atoms with Gasteiger partial charge in [-0.25, -0.2) is 0 Å². The molecule has 0 spiro atoms. The van der Waals surface area contributed by atoms with E-state index in [1.165, 1.54) is 5.56 Å². The number of anilines is 1. The fourth-order valence-corrected chi connectivity index (χ4v) is 1.81. The number of carboxylic acids is 1. The molecule has 0 aliphatic rings. The third-order valence-corrected chi connectivity index (χ3v) is 3.06. The minimum Gasteiger partial charge on any atom is -0.481 e. The first-order valence-corrected chi connectivity index (χ1v) is 6.34. The Morgan fingerprint density at radius 1 is 1.22 bits per heavy atom. The summed E-state index contributed by atoms with van der Waals surface area (Å²) in [5, 5.41) is 8.60. The van der Waals surface area contributed by atoms with Crippen molar-refractivity contribution in [2.24, 2.45) is 0 Å². The molecule has 3 nitrogen and oxygen atoms in total. The molecule has 0 atom stereocenters. The number of carboxylic acid groups (broad SMARTS) is 1. The quantitative estimate of drug-likeness (QED) is 0.870. The predicted octanol–water partition coefficient (Wildman–Crippen LogP) is 3.29. The van der Waals surface area contributed by atoms with Gasteiger partial charge in [-0.3, -0.25) is 4.79 Å². The molecule has 1 aromatic carbocycles. The highest BCUT2D eigenvalue weighted by Crippen LogP contribution is 2.24. The van der Waals surface area contributed by atoms with Crippen LogP contribution in [0, 0.1) is 0 Å². The van der Waals surface area contributed by atoms with E-state index in [1.54, 1.807) is 0 Å². The van der Waals surface area contributed by atoms with Crippen molar-refractivity contribution < 1.29 is 9.90 Å². The van der Waals surface area contributed by atoms with Crippen molar-refractivity contribution in [1.82, 2.24) is 0 Å². The van der Waals surface area contributed by atoms with Crippen LogP contribution < -0.4 is 4.90 Å². The van der Waals surface area contributed by atoms with E-state index in [0.29, 0.717) is 6.42 Å². The number of benzene rings is 1. The lowest BCUT2D eigenvalue weighted by Crippen LogP contribution is -2.19. The Hall–Kier alpha value is -1.51. The molecule has 0 radical (unpaired) electrons. The maximum absolute atomic E-state index is 10.5. The van der Waals surface area contributed by atoms with E-state index in [-0.39, 0.29) is 11.8 Å². The molecule has 100 valence electrons. The van der Waals surface area contributed by atoms with E-state index in [9.17, 15) is 4.79 Å². The first kappa shape index (κ1) is 14.6. The lowest BCUT2D eigenvalue weighted by molar-refractivity contribution is -0.137. The predicted molar refractivity (Wildman–Crippen MR) is 75.3 cm³/mol. The second-order valence-corrected chi connectivity index (χ2v) is 5.72. The van der Waals surface area contributed by atoms with Crippen molar-refractivity contribution in [3.05, 3.63) is 29.8 Å². The Kier molecular flexibility index (Phi) is 4.76. The lowest BCUT2D eigenvalue weighted by Gasteiger charge is -2.22. The third kappa shape index (κ3) is 4.40. The van der Waals surface area contributed by atoms with E-state index in [1.807, 2.05) is 7.05 Å². The molecule has 0 heterocycles. The Morgan fingerprint density at radius 2 is 1.78 bits per heavy atom. The summed E-state index contributed by atoms with van der Waals surface area (Å²) in [6.45, 7) is 7.34. The SMILES string of the molecule is CN(CCCC(=O)O)c1ccc(C(C)(C)C)cc1. The van der Waals surface area contributed by atoms with Crippen molar-refractivity contribution in [3.63, 3.8) is 0 Å². The summed E-state index contributed by atoms with van der Waals surface area (Å²) < 4.78 is 0. The summed E-state index contributed by atoms with van der Waals surface area (Å²) >= 11 is 0. The molecule has 0 bridgehead atoms. The minimum absolute atomic E-state index is 0.167. The lowest BCUT2D eigenvalue weighted by atomic mass is 9.87. The molecular weight excluding hydrogens is 226 g/mol. The van der Waals surface area contributed by atoms with Crippen LogP contribution in [0.4, 0.5) is 5.69 Å². The average Bonchev–Trinajstić information content (AvgIpc) is 2.27. The Morgan fingerprint density at radius 3 is 2.22 bits per heavy atom. The largest absolute Gasteiger partial charge is 0.481 e. The maximum Gasteiger partial charge on any atom is 0.303 e. The van der Waals surface area contributed by atoms with Gasteiger partial charge in [-0.05, 0) is 29.5 Å². The topological polar surface area (TPSA) is 40.5 Å². The Labute approximate surface area is 109 Å². The molecule has 1 aromatic rings. The van der Waals surface area contributed by atoms with Crippen LogP contribution in [-0.2, 0) is 10.2 Å². The summed E-state index contributed by atoms with van der Waals surface area (Å²) in [5.74, 6) is -0.730. The van der Waals surface area contributed by atoms with Crippen LogP contribution in [0.3, 0.4) is 0 Å². The van der Waals surface area contributed by atoms with E-state index >= 15 is 0 Å². The van der Waals surface area contributed by atoms with Crippen LogP contribution in [0.2, 0.25) is 0 Å². The normalized spacial score (nSPS) is 11.3. The highest BCUT2D eigenvalue weighted by molar-refractivity contribution is 5.66. The van der Waals surface area contributed by atoms with Crippen molar-refractivity contribution in [1.29, 1.82) is 0 Å².